The van der Waals surface area contributed by atoms with Gasteiger partial charge in [-0.15, -0.1) is 0 Å². The van der Waals surface area contributed by atoms with Crippen molar-refractivity contribution < 1.29 is 24.2 Å². The van der Waals surface area contributed by atoms with E-state index >= 15 is 0 Å². The molecule has 36 heavy (non-hydrogen) atoms. The number of aliphatic carboxylic acids is 1. The first kappa shape index (κ1) is 25.7. The van der Waals surface area contributed by atoms with E-state index in [0.29, 0.717) is 18.0 Å². The second-order valence-corrected chi connectivity index (χ2v) is 10.2. The molecule has 0 radical (unpaired) electrons. The smallest absolute Gasteiger partial charge is 0.347 e. The average Bonchev–Trinajstić information content (AvgIpc) is 3.43. The molecule has 1 spiro atoms. The zero-order chi connectivity index (χ0) is 25.9. The Balaban J connectivity index is 1.58. The Morgan fingerprint density at radius 1 is 1.17 bits per heavy atom. The van der Waals surface area contributed by atoms with Crippen molar-refractivity contribution in [2.45, 2.75) is 83.4 Å². The topological polar surface area (TPSA) is 88.4 Å². The third-order valence-electron chi connectivity index (χ3n) is 7.12. The lowest BCUT2D eigenvalue weighted by molar-refractivity contribution is -0.152. The number of aliphatic imine (C=N–C) groups is 1. The van der Waals surface area contributed by atoms with E-state index in [4.69, 9.17) is 14.5 Å². The van der Waals surface area contributed by atoms with Gasteiger partial charge in [-0.2, -0.15) is 0 Å². The van der Waals surface area contributed by atoms with Crippen LogP contribution >= 0.6 is 0 Å². The Hall–Kier alpha value is -3.35. The molecule has 2 aromatic carbocycles. The molecule has 1 fully saturated rings. The van der Waals surface area contributed by atoms with Crippen molar-refractivity contribution in [2.24, 2.45) is 4.99 Å². The Morgan fingerprint density at radius 3 is 2.58 bits per heavy atom. The molecule has 2 aliphatic rings. The SMILES string of the molecule is CCCCC1=NC2(CCCC2)C(=O)N1Cc1ccc(-c2cccc(OC(C)(C)C(=O)O)c2)c(OC)c1. The standard InChI is InChI=1S/C29H36N2O5/c1-5-6-12-25-30-29(15-7-8-16-29)26(32)31(25)19-20-13-14-23(24(17-20)35-4)21-10-9-11-22(18-21)36-28(2,3)27(33)34/h9-11,13-14,17-18H,5-8,12,15-16,19H2,1-4H3,(H,33,34). The van der Waals surface area contributed by atoms with Gasteiger partial charge in [-0.25, -0.2) is 4.79 Å². The molecule has 1 aliphatic heterocycles. The number of hydrogen-bond donors (Lipinski definition) is 1. The number of carboxylic acids is 1. The number of ether oxygens (including phenoxy) is 2. The number of carbonyl (C=O) groups excluding carboxylic acids is 1. The maximum absolute atomic E-state index is 13.5. The first-order chi connectivity index (χ1) is 17.2. The number of nitrogens with zero attached hydrogens (tertiary/aromatic N) is 2. The molecule has 1 N–H and O–H groups in total. The quantitative estimate of drug-likeness (QED) is 0.450. The van der Waals surface area contributed by atoms with Crippen LogP contribution in [0.4, 0.5) is 0 Å². The third-order valence-corrected chi connectivity index (χ3v) is 7.12. The van der Waals surface area contributed by atoms with Crippen LogP contribution in [-0.4, -0.2) is 46.0 Å². The average molecular weight is 493 g/mol. The highest BCUT2D eigenvalue weighted by Gasteiger charge is 2.49. The largest absolute Gasteiger partial charge is 0.496 e. The van der Waals surface area contributed by atoms with Crippen LogP contribution in [0, 0.1) is 0 Å². The van der Waals surface area contributed by atoms with Gasteiger partial charge < -0.3 is 14.6 Å². The van der Waals surface area contributed by atoms with Crippen LogP contribution < -0.4 is 9.47 Å². The van der Waals surface area contributed by atoms with Crippen molar-refractivity contribution in [3.8, 4) is 22.6 Å². The molecule has 1 heterocycles. The Morgan fingerprint density at radius 2 is 1.92 bits per heavy atom. The molecule has 0 unspecified atom stereocenters. The lowest BCUT2D eigenvalue weighted by Crippen LogP contribution is -2.40. The second-order valence-electron chi connectivity index (χ2n) is 10.2. The Bertz CT molecular complexity index is 1160. The number of carboxylic acid groups (broad SMARTS) is 1. The van der Waals surface area contributed by atoms with Crippen LogP contribution in [0.3, 0.4) is 0 Å². The second kappa shape index (κ2) is 10.3. The summed E-state index contributed by atoms with van der Waals surface area (Å²) in [5.41, 5.74) is 0.798. The van der Waals surface area contributed by atoms with Crippen LogP contribution in [0.25, 0.3) is 11.1 Å². The fourth-order valence-electron chi connectivity index (χ4n) is 5.02. The number of carbonyl (C=O) groups is 2. The van der Waals surface area contributed by atoms with Gasteiger partial charge in [0.1, 0.15) is 22.9 Å². The van der Waals surface area contributed by atoms with Crippen LogP contribution in [0.15, 0.2) is 47.5 Å². The fraction of sp³-hybridized carbons (Fsp3) is 0.483. The maximum atomic E-state index is 13.5. The van der Waals surface area contributed by atoms with Gasteiger partial charge in [0.05, 0.1) is 13.7 Å². The summed E-state index contributed by atoms with van der Waals surface area (Å²) in [7, 11) is 1.62. The zero-order valence-electron chi connectivity index (χ0n) is 21.7. The molecular formula is C29H36N2O5. The molecule has 1 aliphatic carbocycles. The number of hydrogen-bond acceptors (Lipinski definition) is 5. The van der Waals surface area contributed by atoms with Gasteiger partial charge in [0.2, 0.25) is 0 Å². The molecule has 192 valence electrons. The molecule has 0 bridgehead atoms. The van der Waals surface area contributed by atoms with Gasteiger partial charge in [0.15, 0.2) is 5.60 Å². The summed E-state index contributed by atoms with van der Waals surface area (Å²) in [4.78, 5) is 31.8. The third kappa shape index (κ3) is 5.11. The van der Waals surface area contributed by atoms with Gasteiger partial charge in [-0.1, -0.05) is 50.5 Å². The summed E-state index contributed by atoms with van der Waals surface area (Å²) >= 11 is 0. The predicted molar refractivity (Wildman–Crippen MR) is 139 cm³/mol. The molecule has 0 saturated heterocycles. The first-order valence-corrected chi connectivity index (χ1v) is 12.8. The van der Waals surface area contributed by atoms with Gasteiger partial charge in [-0.3, -0.25) is 14.7 Å². The van der Waals surface area contributed by atoms with E-state index in [-0.39, 0.29) is 5.91 Å². The summed E-state index contributed by atoms with van der Waals surface area (Å²) in [6.07, 6.45) is 6.69. The van der Waals surface area contributed by atoms with Gasteiger partial charge in [-0.05, 0) is 62.4 Å². The summed E-state index contributed by atoms with van der Waals surface area (Å²) in [5, 5.41) is 9.39. The first-order valence-electron chi connectivity index (χ1n) is 12.8. The predicted octanol–water partition coefficient (Wildman–Crippen LogP) is 5.85. The summed E-state index contributed by atoms with van der Waals surface area (Å²) in [6, 6.07) is 13.3. The molecule has 1 saturated carbocycles. The number of rotatable bonds is 10. The number of amides is 1. The summed E-state index contributed by atoms with van der Waals surface area (Å²) in [6.45, 7) is 5.66. The van der Waals surface area contributed by atoms with Crippen LogP contribution in [-0.2, 0) is 16.1 Å². The van der Waals surface area contributed by atoms with E-state index in [2.05, 4.69) is 6.92 Å². The number of amidine groups is 1. The van der Waals surface area contributed by atoms with E-state index < -0.39 is 17.1 Å². The summed E-state index contributed by atoms with van der Waals surface area (Å²) < 4.78 is 11.4. The number of methoxy groups -OCH3 is 1. The highest BCUT2D eigenvalue weighted by atomic mass is 16.5. The number of benzene rings is 2. The molecular weight excluding hydrogens is 456 g/mol. The van der Waals surface area contributed by atoms with Crippen LogP contribution in [0.5, 0.6) is 11.5 Å². The van der Waals surface area contributed by atoms with Crippen molar-refractivity contribution in [3.05, 3.63) is 48.0 Å². The molecule has 0 atom stereocenters. The van der Waals surface area contributed by atoms with Crippen molar-refractivity contribution >= 4 is 17.7 Å². The Labute approximate surface area is 213 Å². The minimum Gasteiger partial charge on any atom is -0.496 e. The van der Waals surface area contributed by atoms with Crippen LogP contribution in [0.1, 0.15) is 71.3 Å². The fourth-order valence-corrected chi connectivity index (χ4v) is 5.02. The van der Waals surface area contributed by atoms with Gasteiger partial charge >= 0.3 is 5.97 Å². The van der Waals surface area contributed by atoms with Crippen molar-refractivity contribution in [1.29, 1.82) is 0 Å². The molecule has 7 nitrogen and oxygen atoms in total. The molecule has 4 rings (SSSR count). The molecule has 2 aromatic rings. The minimum atomic E-state index is -1.34. The van der Waals surface area contributed by atoms with Crippen molar-refractivity contribution in [3.63, 3.8) is 0 Å². The zero-order valence-corrected chi connectivity index (χ0v) is 21.7. The normalized spacial score (nSPS) is 16.9. The van der Waals surface area contributed by atoms with E-state index in [0.717, 1.165) is 67.5 Å². The van der Waals surface area contributed by atoms with E-state index in [1.165, 1.54) is 13.8 Å². The lowest BCUT2D eigenvalue weighted by Gasteiger charge is -2.23. The summed E-state index contributed by atoms with van der Waals surface area (Å²) in [5.74, 6) is 1.16. The number of unbranched alkanes of at least 4 members (excludes halogenated alkanes) is 1. The Kier molecular flexibility index (Phi) is 7.38. The minimum absolute atomic E-state index is 0.139. The highest BCUT2D eigenvalue weighted by molar-refractivity contribution is 6.08. The van der Waals surface area contributed by atoms with E-state index in [1.807, 2.05) is 41.3 Å². The lowest BCUT2D eigenvalue weighted by atomic mass is 9.98. The monoisotopic (exact) mass is 492 g/mol. The highest BCUT2D eigenvalue weighted by Crippen LogP contribution is 2.40. The molecule has 1 amide bonds. The molecule has 7 heteroatoms. The van der Waals surface area contributed by atoms with Crippen LogP contribution in [0.2, 0.25) is 0 Å². The van der Waals surface area contributed by atoms with Gasteiger partial charge in [0, 0.05) is 12.0 Å². The van der Waals surface area contributed by atoms with Gasteiger partial charge in [0.25, 0.3) is 5.91 Å². The van der Waals surface area contributed by atoms with Crippen molar-refractivity contribution in [1.82, 2.24) is 4.90 Å². The van der Waals surface area contributed by atoms with Crippen molar-refractivity contribution in [2.75, 3.05) is 7.11 Å². The maximum Gasteiger partial charge on any atom is 0.347 e. The van der Waals surface area contributed by atoms with E-state index in [1.54, 1.807) is 13.2 Å². The van der Waals surface area contributed by atoms with E-state index in [9.17, 15) is 14.7 Å². The molecule has 0 aromatic heterocycles.